The molecule has 1 aromatic heterocycles. The van der Waals surface area contributed by atoms with Gasteiger partial charge in [-0.25, -0.2) is 0 Å². The lowest BCUT2D eigenvalue weighted by atomic mass is 10.2. The minimum absolute atomic E-state index is 0. The summed E-state index contributed by atoms with van der Waals surface area (Å²) in [5, 5.41) is 1.20. The zero-order valence-corrected chi connectivity index (χ0v) is 5.90. The van der Waals surface area contributed by atoms with E-state index >= 15 is 0 Å². The molecule has 2 heteroatoms. The molecule has 0 unspecified atom stereocenters. The largest absolute Gasteiger partial charge is 0.269 e. The normalized spacial score (nSPS) is 9.09. The molecule has 0 atom stereocenters. The highest BCUT2D eigenvalue weighted by atomic mass is 19.0. The molecule has 0 radical (unpaired) electrons. The molecule has 0 bridgehead atoms. The summed E-state index contributed by atoms with van der Waals surface area (Å²) in [6.45, 7) is 0. The number of fused-ring (bicyclic) bond motifs is 1. The average Bonchev–Trinajstić information content (AvgIpc) is 2.05. The van der Waals surface area contributed by atoms with Crippen LogP contribution in [-0.4, -0.2) is 4.98 Å². The molecule has 0 amide bonds. The van der Waals surface area contributed by atoms with E-state index in [1.165, 1.54) is 5.39 Å². The number of aromatic nitrogens is 1. The smallest absolute Gasteiger partial charge is 0.0701 e. The SMILES string of the molecule is F.c1ccc2ncccc2c1. The van der Waals surface area contributed by atoms with E-state index < -0.39 is 0 Å². The van der Waals surface area contributed by atoms with Gasteiger partial charge in [0.1, 0.15) is 0 Å². The van der Waals surface area contributed by atoms with Gasteiger partial charge in [0.15, 0.2) is 0 Å². The summed E-state index contributed by atoms with van der Waals surface area (Å²) < 4.78 is 0. The lowest BCUT2D eigenvalue weighted by Crippen LogP contribution is -1.73. The van der Waals surface area contributed by atoms with Crippen LogP contribution in [0.5, 0.6) is 0 Å². The van der Waals surface area contributed by atoms with E-state index in [1.807, 2.05) is 30.5 Å². The van der Waals surface area contributed by atoms with E-state index in [-0.39, 0.29) is 4.70 Å². The number of rotatable bonds is 0. The van der Waals surface area contributed by atoms with Gasteiger partial charge in [0.05, 0.1) is 5.52 Å². The topological polar surface area (TPSA) is 12.9 Å². The van der Waals surface area contributed by atoms with Gasteiger partial charge in [-0.3, -0.25) is 9.69 Å². The van der Waals surface area contributed by atoms with Crippen LogP contribution in [0.3, 0.4) is 0 Å². The fourth-order valence-corrected chi connectivity index (χ4v) is 1.02. The molecule has 56 valence electrons. The highest BCUT2D eigenvalue weighted by Gasteiger charge is 1.86. The van der Waals surface area contributed by atoms with E-state index in [9.17, 15) is 0 Å². The van der Waals surface area contributed by atoms with Crippen LogP contribution in [0.25, 0.3) is 10.9 Å². The van der Waals surface area contributed by atoms with Crippen molar-refractivity contribution in [1.82, 2.24) is 4.98 Å². The van der Waals surface area contributed by atoms with Crippen LogP contribution in [0.1, 0.15) is 0 Å². The Bertz CT molecular complexity index is 281. The predicted molar refractivity (Wildman–Crippen MR) is 44.2 cm³/mol. The zero-order valence-electron chi connectivity index (χ0n) is 5.90. The van der Waals surface area contributed by atoms with E-state index in [0.717, 1.165) is 5.52 Å². The molecule has 1 nitrogen and oxygen atoms in total. The van der Waals surface area contributed by atoms with Crippen molar-refractivity contribution in [2.24, 2.45) is 0 Å². The van der Waals surface area contributed by atoms with Gasteiger partial charge in [0.25, 0.3) is 0 Å². The van der Waals surface area contributed by atoms with Crippen molar-refractivity contribution in [3.8, 4) is 0 Å². The van der Waals surface area contributed by atoms with Crippen LogP contribution >= 0.6 is 0 Å². The molecule has 0 fully saturated rings. The molecular weight excluding hydrogens is 141 g/mol. The summed E-state index contributed by atoms with van der Waals surface area (Å²) in [4.78, 5) is 4.18. The second-order valence-electron chi connectivity index (χ2n) is 2.20. The van der Waals surface area contributed by atoms with E-state index in [0.29, 0.717) is 0 Å². The molecule has 0 aliphatic heterocycles. The third kappa shape index (κ3) is 1.34. The highest BCUT2D eigenvalue weighted by molar-refractivity contribution is 5.77. The third-order valence-electron chi connectivity index (χ3n) is 1.51. The van der Waals surface area contributed by atoms with E-state index in [2.05, 4.69) is 17.1 Å². The maximum atomic E-state index is 4.18. The standard InChI is InChI=1S/C9H7N.FH/c1-2-6-9-8(4-1)5-3-7-10-9;/h1-7H;1H. The number of hydrogen-bond donors (Lipinski definition) is 0. The average molecular weight is 149 g/mol. The Hall–Kier alpha value is -1.44. The number of para-hydroxylation sites is 1. The molecular formula is C9H8FN. The number of hydrogen-bond acceptors (Lipinski definition) is 1. The summed E-state index contributed by atoms with van der Waals surface area (Å²) in [7, 11) is 0. The Morgan fingerprint density at radius 2 is 1.64 bits per heavy atom. The number of pyridine rings is 1. The first-order valence-corrected chi connectivity index (χ1v) is 3.26. The van der Waals surface area contributed by atoms with E-state index in [1.54, 1.807) is 0 Å². The van der Waals surface area contributed by atoms with Crippen molar-refractivity contribution in [3.05, 3.63) is 42.6 Å². The first kappa shape index (κ1) is 7.66. The second kappa shape index (κ2) is 3.10. The summed E-state index contributed by atoms with van der Waals surface area (Å²) >= 11 is 0. The van der Waals surface area contributed by atoms with Gasteiger partial charge >= 0.3 is 0 Å². The Morgan fingerprint density at radius 3 is 2.45 bits per heavy atom. The maximum absolute atomic E-state index is 4.18. The van der Waals surface area contributed by atoms with Gasteiger partial charge < -0.3 is 0 Å². The molecule has 0 aliphatic rings. The van der Waals surface area contributed by atoms with Crippen molar-refractivity contribution in [2.45, 2.75) is 0 Å². The van der Waals surface area contributed by atoms with Crippen molar-refractivity contribution in [1.29, 1.82) is 0 Å². The zero-order chi connectivity index (χ0) is 6.81. The van der Waals surface area contributed by atoms with E-state index in [4.69, 9.17) is 0 Å². The van der Waals surface area contributed by atoms with Crippen molar-refractivity contribution >= 4 is 10.9 Å². The second-order valence-corrected chi connectivity index (χ2v) is 2.20. The Kier molecular flexibility index (Phi) is 2.16. The quantitative estimate of drug-likeness (QED) is 0.560. The maximum Gasteiger partial charge on any atom is 0.0701 e. The van der Waals surface area contributed by atoms with Gasteiger partial charge in [-0.1, -0.05) is 24.3 Å². The molecule has 1 aromatic carbocycles. The minimum Gasteiger partial charge on any atom is -0.269 e. The number of benzene rings is 1. The fourth-order valence-electron chi connectivity index (χ4n) is 1.02. The molecule has 0 N–H and O–H groups in total. The first-order valence-electron chi connectivity index (χ1n) is 3.26. The molecule has 0 saturated carbocycles. The summed E-state index contributed by atoms with van der Waals surface area (Å²) in [5.74, 6) is 0. The van der Waals surface area contributed by atoms with Crippen LogP contribution in [0.2, 0.25) is 0 Å². The van der Waals surface area contributed by atoms with Crippen LogP contribution in [-0.2, 0) is 0 Å². The van der Waals surface area contributed by atoms with Gasteiger partial charge in [-0.2, -0.15) is 0 Å². The Balaban J connectivity index is 0.000000605. The minimum atomic E-state index is 0. The molecule has 0 saturated heterocycles. The molecule has 11 heavy (non-hydrogen) atoms. The monoisotopic (exact) mass is 149 g/mol. The fraction of sp³-hybridized carbons (Fsp3) is 0. The van der Waals surface area contributed by atoms with Crippen LogP contribution < -0.4 is 0 Å². The van der Waals surface area contributed by atoms with Gasteiger partial charge in [-0.15, -0.1) is 0 Å². The summed E-state index contributed by atoms with van der Waals surface area (Å²) in [6, 6.07) is 12.1. The van der Waals surface area contributed by atoms with Gasteiger partial charge in [-0.05, 0) is 12.1 Å². The Morgan fingerprint density at radius 1 is 0.909 bits per heavy atom. The molecule has 1 heterocycles. The Labute approximate surface area is 64.1 Å². The molecule has 2 rings (SSSR count). The van der Waals surface area contributed by atoms with Gasteiger partial charge in [0.2, 0.25) is 0 Å². The molecule has 0 aliphatic carbocycles. The summed E-state index contributed by atoms with van der Waals surface area (Å²) in [6.07, 6.45) is 1.81. The highest BCUT2D eigenvalue weighted by Crippen LogP contribution is 2.07. The number of halogens is 1. The lowest BCUT2D eigenvalue weighted by Gasteiger charge is -1.91. The predicted octanol–water partition coefficient (Wildman–Crippen LogP) is 2.39. The molecule has 2 aromatic rings. The summed E-state index contributed by atoms with van der Waals surface area (Å²) in [5.41, 5.74) is 1.06. The van der Waals surface area contributed by atoms with Crippen molar-refractivity contribution in [2.75, 3.05) is 0 Å². The van der Waals surface area contributed by atoms with Crippen LogP contribution in [0.4, 0.5) is 4.70 Å². The van der Waals surface area contributed by atoms with Gasteiger partial charge in [0, 0.05) is 11.6 Å². The lowest BCUT2D eigenvalue weighted by molar-refractivity contribution is 1.11. The van der Waals surface area contributed by atoms with Crippen LogP contribution in [0.15, 0.2) is 42.6 Å². The van der Waals surface area contributed by atoms with Crippen molar-refractivity contribution in [3.63, 3.8) is 0 Å². The first-order chi connectivity index (χ1) is 4.97. The molecule has 0 spiro atoms. The van der Waals surface area contributed by atoms with Crippen LogP contribution in [0, 0.1) is 0 Å². The van der Waals surface area contributed by atoms with Crippen molar-refractivity contribution < 1.29 is 4.70 Å². The third-order valence-corrected chi connectivity index (χ3v) is 1.51. The number of nitrogens with zero attached hydrogens (tertiary/aromatic N) is 1.